The van der Waals surface area contributed by atoms with E-state index in [4.69, 9.17) is 0 Å². The summed E-state index contributed by atoms with van der Waals surface area (Å²) in [6.07, 6.45) is 3.39. The number of nitrogens with zero attached hydrogens (tertiary/aromatic N) is 3. The Morgan fingerprint density at radius 2 is 1.79 bits per heavy atom. The molecule has 0 aliphatic heterocycles. The molecular formula is C18H17N5O. The van der Waals surface area contributed by atoms with Crippen LogP contribution >= 0.6 is 0 Å². The van der Waals surface area contributed by atoms with Crippen molar-refractivity contribution in [2.24, 2.45) is 0 Å². The van der Waals surface area contributed by atoms with E-state index >= 15 is 0 Å². The van der Waals surface area contributed by atoms with Gasteiger partial charge in [-0.2, -0.15) is 0 Å². The van der Waals surface area contributed by atoms with Crippen LogP contribution < -0.4 is 10.6 Å². The molecule has 6 nitrogen and oxygen atoms in total. The monoisotopic (exact) mass is 319 g/mol. The van der Waals surface area contributed by atoms with Crippen molar-refractivity contribution in [3.05, 3.63) is 72.2 Å². The number of anilines is 1. The molecular weight excluding hydrogens is 302 g/mol. The van der Waals surface area contributed by atoms with Gasteiger partial charge in [0.05, 0.1) is 12.2 Å². The van der Waals surface area contributed by atoms with Crippen LogP contribution in [0.1, 0.15) is 16.1 Å². The number of rotatable bonds is 5. The first-order valence-electron chi connectivity index (χ1n) is 7.55. The standard InChI is InChI=1S/C18H17N5O/c1-19-16-11-15(12-21-18(24)14-5-3-2-4-6-14)22-17(23-16)13-7-9-20-10-8-13/h2-11H,12H2,1H3,(H,21,24)(H,19,22,23). The molecule has 3 rings (SSSR count). The highest BCUT2D eigenvalue weighted by Gasteiger charge is 2.09. The Balaban J connectivity index is 1.79. The number of nitrogens with one attached hydrogen (secondary N) is 2. The van der Waals surface area contributed by atoms with E-state index in [1.54, 1.807) is 31.6 Å². The highest BCUT2D eigenvalue weighted by Crippen LogP contribution is 2.17. The normalized spacial score (nSPS) is 10.2. The Morgan fingerprint density at radius 3 is 2.50 bits per heavy atom. The third-order valence-electron chi connectivity index (χ3n) is 3.44. The zero-order chi connectivity index (χ0) is 16.8. The van der Waals surface area contributed by atoms with Crippen LogP contribution in [0.4, 0.5) is 5.82 Å². The van der Waals surface area contributed by atoms with Crippen LogP contribution in [0.25, 0.3) is 11.4 Å². The molecule has 0 spiro atoms. The van der Waals surface area contributed by atoms with Gasteiger partial charge in [-0.1, -0.05) is 18.2 Å². The van der Waals surface area contributed by atoms with Gasteiger partial charge in [-0.25, -0.2) is 9.97 Å². The summed E-state index contributed by atoms with van der Waals surface area (Å²) < 4.78 is 0. The lowest BCUT2D eigenvalue weighted by molar-refractivity contribution is 0.0950. The Kier molecular flexibility index (Phi) is 4.76. The zero-order valence-corrected chi connectivity index (χ0v) is 13.2. The zero-order valence-electron chi connectivity index (χ0n) is 13.2. The van der Waals surface area contributed by atoms with Gasteiger partial charge in [-0.15, -0.1) is 0 Å². The minimum absolute atomic E-state index is 0.134. The van der Waals surface area contributed by atoms with E-state index in [0.717, 1.165) is 11.3 Å². The molecule has 0 saturated carbocycles. The van der Waals surface area contributed by atoms with Gasteiger partial charge in [0.1, 0.15) is 5.82 Å². The van der Waals surface area contributed by atoms with Crippen molar-refractivity contribution in [3.8, 4) is 11.4 Å². The maximum Gasteiger partial charge on any atom is 0.251 e. The second-order valence-electron chi connectivity index (χ2n) is 5.10. The number of carbonyl (C=O) groups excluding carboxylic acids is 1. The number of hydrogen-bond acceptors (Lipinski definition) is 5. The van der Waals surface area contributed by atoms with Crippen molar-refractivity contribution in [1.82, 2.24) is 20.3 Å². The molecule has 1 aromatic carbocycles. The molecule has 1 amide bonds. The summed E-state index contributed by atoms with van der Waals surface area (Å²) in [5.41, 5.74) is 2.22. The molecule has 0 unspecified atom stereocenters. The summed E-state index contributed by atoms with van der Waals surface area (Å²) in [5.74, 6) is 1.15. The molecule has 2 aromatic heterocycles. The minimum Gasteiger partial charge on any atom is -0.373 e. The van der Waals surface area contributed by atoms with Gasteiger partial charge in [0.15, 0.2) is 5.82 Å². The first-order chi connectivity index (χ1) is 11.8. The SMILES string of the molecule is CNc1cc(CNC(=O)c2ccccc2)nc(-c2ccncc2)n1. The van der Waals surface area contributed by atoms with Gasteiger partial charge in [0, 0.05) is 36.6 Å². The van der Waals surface area contributed by atoms with Crippen LogP contribution in [-0.4, -0.2) is 27.9 Å². The molecule has 2 heterocycles. The molecule has 0 bridgehead atoms. The maximum absolute atomic E-state index is 12.1. The fourth-order valence-electron chi connectivity index (χ4n) is 2.21. The molecule has 2 N–H and O–H groups in total. The number of amides is 1. The first kappa shape index (κ1) is 15.6. The summed E-state index contributed by atoms with van der Waals surface area (Å²) in [5, 5.41) is 5.89. The van der Waals surface area contributed by atoms with Gasteiger partial charge in [-0.3, -0.25) is 9.78 Å². The Labute approximate surface area is 140 Å². The quantitative estimate of drug-likeness (QED) is 0.755. The number of pyridine rings is 1. The fourth-order valence-corrected chi connectivity index (χ4v) is 2.21. The Bertz CT molecular complexity index is 821. The van der Waals surface area contributed by atoms with Crippen molar-refractivity contribution in [3.63, 3.8) is 0 Å². The molecule has 0 radical (unpaired) electrons. The number of benzene rings is 1. The summed E-state index contributed by atoms with van der Waals surface area (Å²) in [7, 11) is 1.80. The summed E-state index contributed by atoms with van der Waals surface area (Å²) in [4.78, 5) is 25.1. The van der Waals surface area contributed by atoms with Gasteiger partial charge in [-0.05, 0) is 24.3 Å². The molecule has 0 saturated heterocycles. The second-order valence-corrected chi connectivity index (χ2v) is 5.10. The van der Waals surface area contributed by atoms with E-state index in [0.29, 0.717) is 23.8 Å². The van der Waals surface area contributed by atoms with E-state index in [1.165, 1.54) is 0 Å². The predicted molar refractivity (Wildman–Crippen MR) is 92.4 cm³/mol. The molecule has 3 aromatic rings. The van der Waals surface area contributed by atoms with Gasteiger partial charge in [0.25, 0.3) is 5.91 Å². The van der Waals surface area contributed by atoms with Crippen molar-refractivity contribution < 1.29 is 4.79 Å². The third kappa shape index (κ3) is 3.73. The van der Waals surface area contributed by atoms with Crippen LogP contribution in [0.3, 0.4) is 0 Å². The Morgan fingerprint density at radius 1 is 1.04 bits per heavy atom. The molecule has 0 aliphatic rings. The topological polar surface area (TPSA) is 79.8 Å². The molecule has 0 fully saturated rings. The number of aromatic nitrogens is 3. The average Bonchev–Trinajstić information content (AvgIpc) is 2.67. The third-order valence-corrected chi connectivity index (χ3v) is 3.44. The summed E-state index contributed by atoms with van der Waals surface area (Å²) in [6.45, 7) is 0.322. The highest BCUT2D eigenvalue weighted by atomic mass is 16.1. The van der Waals surface area contributed by atoms with Gasteiger partial charge >= 0.3 is 0 Å². The van der Waals surface area contributed by atoms with E-state index in [2.05, 4.69) is 25.6 Å². The lowest BCUT2D eigenvalue weighted by Crippen LogP contribution is -2.23. The van der Waals surface area contributed by atoms with E-state index in [-0.39, 0.29) is 5.91 Å². The number of hydrogen-bond donors (Lipinski definition) is 2. The van der Waals surface area contributed by atoms with Crippen LogP contribution in [0.2, 0.25) is 0 Å². The summed E-state index contributed by atoms with van der Waals surface area (Å²) in [6, 6.07) is 14.6. The summed E-state index contributed by atoms with van der Waals surface area (Å²) >= 11 is 0. The van der Waals surface area contributed by atoms with E-state index < -0.39 is 0 Å². The predicted octanol–water partition coefficient (Wildman–Crippen LogP) is 2.51. The van der Waals surface area contributed by atoms with Crippen LogP contribution in [0.15, 0.2) is 60.9 Å². The second kappa shape index (κ2) is 7.32. The molecule has 0 aliphatic carbocycles. The van der Waals surface area contributed by atoms with Crippen LogP contribution in [0.5, 0.6) is 0 Å². The molecule has 120 valence electrons. The first-order valence-corrected chi connectivity index (χ1v) is 7.55. The lowest BCUT2D eigenvalue weighted by Gasteiger charge is -2.09. The maximum atomic E-state index is 12.1. The van der Waals surface area contributed by atoms with Gasteiger partial charge < -0.3 is 10.6 Å². The van der Waals surface area contributed by atoms with Gasteiger partial charge in [0.2, 0.25) is 0 Å². The Hall–Kier alpha value is -3.28. The molecule has 24 heavy (non-hydrogen) atoms. The van der Waals surface area contributed by atoms with Crippen molar-refractivity contribution in [2.75, 3.05) is 12.4 Å². The highest BCUT2D eigenvalue weighted by molar-refractivity contribution is 5.94. The van der Waals surface area contributed by atoms with Crippen molar-refractivity contribution in [1.29, 1.82) is 0 Å². The van der Waals surface area contributed by atoms with E-state index in [1.807, 2.05) is 36.4 Å². The van der Waals surface area contributed by atoms with E-state index in [9.17, 15) is 4.79 Å². The van der Waals surface area contributed by atoms with Crippen LogP contribution in [0, 0.1) is 0 Å². The minimum atomic E-state index is -0.134. The smallest absolute Gasteiger partial charge is 0.251 e. The average molecular weight is 319 g/mol. The van der Waals surface area contributed by atoms with Crippen molar-refractivity contribution >= 4 is 11.7 Å². The lowest BCUT2D eigenvalue weighted by atomic mass is 10.2. The van der Waals surface area contributed by atoms with Crippen molar-refractivity contribution in [2.45, 2.75) is 6.54 Å². The van der Waals surface area contributed by atoms with Crippen LogP contribution in [-0.2, 0) is 6.54 Å². The molecule has 0 atom stereocenters. The molecule has 6 heteroatoms. The number of carbonyl (C=O) groups is 1. The largest absolute Gasteiger partial charge is 0.373 e. The fraction of sp³-hybridized carbons (Fsp3) is 0.111.